The molecular weight excluding hydrogens is 516 g/mol. The number of ether oxygens (including phenoxy) is 1. The summed E-state index contributed by atoms with van der Waals surface area (Å²) in [4.78, 5) is 23.0. The zero-order valence-electron chi connectivity index (χ0n) is 21.6. The largest absolute Gasteiger partial charge is 0.497 e. The minimum atomic E-state index is -1.23. The third-order valence-electron chi connectivity index (χ3n) is 6.71. The van der Waals surface area contributed by atoms with Gasteiger partial charge in [-0.25, -0.2) is 22.5 Å². The third kappa shape index (κ3) is 4.99. The molecule has 5 rings (SSSR count). The summed E-state index contributed by atoms with van der Waals surface area (Å²) in [6, 6.07) is 8.25. The molecule has 0 aliphatic carbocycles. The summed E-state index contributed by atoms with van der Waals surface area (Å²) < 4.78 is 63.4. The Balaban J connectivity index is 1.41. The summed E-state index contributed by atoms with van der Waals surface area (Å²) >= 11 is 0. The third-order valence-corrected chi connectivity index (χ3v) is 6.71. The first-order valence-corrected chi connectivity index (χ1v) is 12.2. The number of aromatic nitrogens is 3. The molecule has 0 atom stereocenters. The summed E-state index contributed by atoms with van der Waals surface area (Å²) in [7, 11) is 4.88. The fourth-order valence-electron chi connectivity index (χ4n) is 4.68. The van der Waals surface area contributed by atoms with Crippen LogP contribution in [0.1, 0.15) is 15.9 Å². The first-order valence-electron chi connectivity index (χ1n) is 12.2. The van der Waals surface area contributed by atoms with E-state index in [-0.39, 0.29) is 40.7 Å². The lowest BCUT2D eigenvalue weighted by atomic mass is 10.1. The lowest BCUT2D eigenvalue weighted by Gasteiger charge is -2.34. The molecule has 0 bridgehead atoms. The van der Waals surface area contributed by atoms with Crippen molar-refractivity contribution in [3.05, 3.63) is 77.0 Å². The van der Waals surface area contributed by atoms with Crippen LogP contribution in [-0.2, 0) is 6.54 Å². The Labute approximate surface area is 222 Å². The van der Waals surface area contributed by atoms with Crippen molar-refractivity contribution in [3.63, 3.8) is 0 Å². The van der Waals surface area contributed by atoms with Crippen molar-refractivity contribution < 1.29 is 27.1 Å². The number of fused-ring (bicyclic) bond motifs is 1. The van der Waals surface area contributed by atoms with Gasteiger partial charge in [-0.1, -0.05) is 0 Å². The maximum Gasteiger partial charge on any atom is 0.259 e. The number of methoxy groups -OCH3 is 1. The molecule has 4 aromatic rings. The normalized spacial score (nSPS) is 14.2. The van der Waals surface area contributed by atoms with Gasteiger partial charge in [0.2, 0.25) is 0 Å². The minimum Gasteiger partial charge on any atom is -0.497 e. The lowest BCUT2D eigenvalue weighted by Crippen LogP contribution is -2.48. The van der Waals surface area contributed by atoms with E-state index in [0.717, 1.165) is 6.07 Å². The second kappa shape index (κ2) is 10.5. The first kappa shape index (κ1) is 26.4. The highest BCUT2D eigenvalue weighted by Crippen LogP contribution is 2.31. The smallest absolute Gasteiger partial charge is 0.259 e. The van der Waals surface area contributed by atoms with Crippen molar-refractivity contribution in [2.45, 2.75) is 6.54 Å². The van der Waals surface area contributed by atoms with Gasteiger partial charge in [-0.3, -0.25) is 9.69 Å². The first-order chi connectivity index (χ1) is 18.7. The molecule has 1 aliphatic heterocycles. The van der Waals surface area contributed by atoms with Gasteiger partial charge in [0.1, 0.15) is 22.8 Å². The summed E-state index contributed by atoms with van der Waals surface area (Å²) in [6.45, 7) is 1.33. The predicted octanol–water partition coefficient (Wildman–Crippen LogP) is 3.99. The van der Waals surface area contributed by atoms with Crippen molar-refractivity contribution in [1.29, 1.82) is 0 Å². The Morgan fingerprint density at radius 2 is 1.69 bits per heavy atom. The number of carbonyl (C=O) groups is 1. The van der Waals surface area contributed by atoms with Crippen molar-refractivity contribution in [2.24, 2.45) is 0 Å². The quantitative estimate of drug-likeness (QED) is 0.271. The molecule has 3 heterocycles. The fraction of sp³-hybridized carbons (Fsp3) is 0.296. The number of carbonyl (C=O) groups excluding carboxylic acids is 1. The molecule has 0 spiro atoms. The zero-order valence-corrected chi connectivity index (χ0v) is 21.6. The van der Waals surface area contributed by atoms with Crippen LogP contribution in [0.2, 0.25) is 0 Å². The van der Waals surface area contributed by atoms with Crippen LogP contribution in [0, 0.1) is 23.3 Å². The van der Waals surface area contributed by atoms with Gasteiger partial charge >= 0.3 is 0 Å². The van der Waals surface area contributed by atoms with Crippen LogP contribution in [-0.4, -0.2) is 77.7 Å². The monoisotopic (exact) mass is 542 g/mol. The molecular formula is C27H26F4N6O2. The van der Waals surface area contributed by atoms with Crippen LogP contribution >= 0.6 is 0 Å². The highest BCUT2D eigenvalue weighted by molar-refractivity contribution is 6.00. The molecule has 8 nitrogen and oxygen atoms in total. The summed E-state index contributed by atoms with van der Waals surface area (Å²) in [5.74, 6) is -3.34. The number of halogens is 4. The van der Waals surface area contributed by atoms with Crippen molar-refractivity contribution >= 4 is 17.4 Å². The van der Waals surface area contributed by atoms with Crippen molar-refractivity contribution in [1.82, 2.24) is 24.4 Å². The molecule has 1 aliphatic rings. The predicted molar refractivity (Wildman–Crippen MR) is 137 cm³/mol. The molecule has 39 heavy (non-hydrogen) atoms. The Morgan fingerprint density at radius 3 is 2.33 bits per heavy atom. The second-order valence-corrected chi connectivity index (χ2v) is 9.44. The highest BCUT2D eigenvalue weighted by Gasteiger charge is 2.28. The van der Waals surface area contributed by atoms with E-state index in [2.05, 4.69) is 10.1 Å². The van der Waals surface area contributed by atoms with Gasteiger partial charge < -0.3 is 14.5 Å². The summed E-state index contributed by atoms with van der Waals surface area (Å²) in [6.07, 6.45) is 1.37. The van der Waals surface area contributed by atoms with E-state index in [0.29, 0.717) is 43.6 Å². The molecule has 0 radical (unpaired) electrons. The van der Waals surface area contributed by atoms with E-state index in [9.17, 15) is 18.0 Å². The van der Waals surface area contributed by atoms with Crippen LogP contribution in [0.25, 0.3) is 16.9 Å². The molecule has 0 unspecified atom stereocenters. The van der Waals surface area contributed by atoms with Gasteiger partial charge in [0.15, 0.2) is 28.9 Å². The van der Waals surface area contributed by atoms with Crippen molar-refractivity contribution in [3.8, 4) is 17.0 Å². The topological polar surface area (TPSA) is 66.2 Å². The van der Waals surface area contributed by atoms with Crippen LogP contribution < -0.4 is 9.64 Å². The van der Waals surface area contributed by atoms with Gasteiger partial charge in [0, 0.05) is 64.0 Å². The molecule has 0 N–H and O–H groups in total. The Morgan fingerprint density at radius 1 is 1.00 bits per heavy atom. The summed E-state index contributed by atoms with van der Waals surface area (Å²) in [5, 5.41) is 4.26. The molecule has 1 amide bonds. The fourth-order valence-corrected chi connectivity index (χ4v) is 4.68. The second-order valence-electron chi connectivity index (χ2n) is 9.44. The number of hydrogen-bond acceptors (Lipinski definition) is 6. The van der Waals surface area contributed by atoms with Gasteiger partial charge in [-0.05, 0) is 30.3 Å². The van der Waals surface area contributed by atoms with E-state index in [1.165, 1.54) is 17.8 Å². The molecule has 2 aromatic carbocycles. The maximum atomic E-state index is 15.6. The van der Waals surface area contributed by atoms with Crippen LogP contribution in [0.15, 0.2) is 42.6 Å². The molecule has 2 aromatic heterocycles. The summed E-state index contributed by atoms with van der Waals surface area (Å²) in [5.41, 5.74) is 0.907. The average molecular weight is 543 g/mol. The van der Waals surface area contributed by atoms with Gasteiger partial charge in [-0.2, -0.15) is 9.61 Å². The number of amides is 1. The van der Waals surface area contributed by atoms with Gasteiger partial charge in [0.05, 0.1) is 13.3 Å². The maximum absolute atomic E-state index is 15.6. The molecule has 12 heteroatoms. The average Bonchev–Trinajstić information content (AvgIpc) is 3.34. The number of nitrogens with zero attached hydrogens (tertiary/aromatic N) is 6. The molecule has 1 fully saturated rings. The van der Waals surface area contributed by atoms with Crippen LogP contribution in [0.3, 0.4) is 0 Å². The van der Waals surface area contributed by atoms with E-state index in [4.69, 9.17) is 4.74 Å². The SMILES string of the molecule is COc1ccc(-c2nc3c(C(=O)N4CCN(Cc5cc(F)cc(F)c5F)CC4)cnn3c(N(C)C)c2F)cc1. The van der Waals surface area contributed by atoms with E-state index < -0.39 is 23.3 Å². The van der Waals surface area contributed by atoms with Crippen LogP contribution in [0.5, 0.6) is 5.75 Å². The Bertz CT molecular complexity index is 1530. The number of piperazine rings is 1. The van der Waals surface area contributed by atoms with E-state index >= 15 is 4.39 Å². The van der Waals surface area contributed by atoms with E-state index in [1.807, 2.05) is 4.90 Å². The van der Waals surface area contributed by atoms with Crippen LogP contribution in [0.4, 0.5) is 23.4 Å². The van der Waals surface area contributed by atoms with Gasteiger partial charge in [-0.15, -0.1) is 0 Å². The Hall–Kier alpha value is -4.19. The molecule has 0 saturated carbocycles. The standard InChI is InChI=1S/C27H26F4N6O2/c1-34(2)26-23(31)24(16-4-6-19(39-3)7-5-16)33-25-20(14-32-37(25)26)27(38)36-10-8-35(9-11-36)15-17-12-18(28)13-21(29)22(17)30/h4-7,12-14H,8-11,15H2,1-3H3. The number of anilines is 1. The zero-order chi connectivity index (χ0) is 27.8. The van der Waals surface area contributed by atoms with Gasteiger partial charge in [0.25, 0.3) is 5.91 Å². The number of benzene rings is 2. The lowest BCUT2D eigenvalue weighted by molar-refractivity contribution is 0.0628. The van der Waals surface area contributed by atoms with Crippen molar-refractivity contribution in [2.75, 3.05) is 52.3 Å². The minimum absolute atomic E-state index is 0.0114. The number of rotatable bonds is 6. The molecule has 204 valence electrons. The van der Waals surface area contributed by atoms with E-state index in [1.54, 1.807) is 48.2 Å². The Kier molecular flexibility index (Phi) is 7.13. The highest BCUT2D eigenvalue weighted by atomic mass is 19.2. The molecule has 1 saturated heterocycles. The number of hydrogen-bond donors (Lipinski definition) is 0.